The molecule has 0 radical (unpaired) electrons. The van der Waals surface area contributed by atoms with Gasteiger partial charge in [0.15, 0.2) is 0 Å². The molecular formula is C15H14FNO3. The summed E-state index contributed by atoms with van der Waals surface area (Å²) in [5, 5.41) is 8.64. The Balaban J connectivity index is 2.44. The van der Waals surface area contributed by atoms with E-state index in [1.165, 1.54) is 12.1 Å². The van der Waals surface area contributed by atoms with Gasteiger partial charge in [0.25, 0.3) is 0 Å². The van der Waals surface area contributed by atoms with Crippen molar-refractivity contribution in [1.82, 2.24) is 0 Å². The van der Waals surface area contributed by atoms with Crippen molar-refractivity contribution in [1.29, 1.82) is 0 Å². The van der Waals surface area contributed by atoms with Gasteiger partial charge in [-0.2, -0.15) is 0 Å². The van der Waals surface area contributed by atoms with Crippen molar-refractivity contribution in [2.24, 2.45) is 5.41 Å². The molecule has 0 aromatic heterocycles. The van der Waals surface area contributed by atoms with E-state index in [9.17, 15) is 14.0 Å². The maximum absolute atomic E-state index is 13.6. The maximum atomic E-state index is 13.6. The average Bonchev–Trinajstić information content (AvgIpc) is 2.58. The van der Waals surface area contributed by atoms with Gasteiger partial charge in [0.2, 0.25) is 11.8 Å². The fourth-order valence-electron chi connectivity index (χ4n) is 2.09. The van der Waals surface area contributed by atoms with Crippen LogP contribution in [-0.2, 0) is 9.59 Å². The summed E-state index contributed by atoms with van der Waals surface area (Å²) in [6.45, 7) is 3.00. The number of aliphatic hydroxyl groups excluding tert-OH is 1. The summed E-state index contributed by atoms with van der Waals surface area (Å²) in [6, 6.07) is 3.87. The zero-order valence-corrected chi connectivity index (χ0v) is 11.2. The van der Waals surface area contributed by atoms with Crippen LogP contribution in [0, 0.1) is 23.1 Å². The lowest BCUT2D eigenvalue weighted by Gasteiger charge is -2.18. The molecule has 0 bridgehead atoms. The number of carbonyl (C=O) groups is 2. The Morgan fingerprint density at radius 3 is 2.65 bits per heavy atom. The molecule has 1 aromatic rings. The number of nitrogens with zero attached hydrogens (tertiary/aromatic N) is 1. The van der Waals surface area contributed by atoms with Crippen molar-refractivity contribution in [2.45, 2.75) is 20.3 Å². The molecule has 0 aliphatic carbocycles. The second-order valence-corrected chi connectivity index (χ2v) is 5.22. The van der Waals surface area contributed by atoms with Gasteiger partial charge in [0.1, 0.15) is 12.4 Å². The van der Waals surface area contributed by atoms with Crippen molar-refractivity contribution in [3.05, 3.63) is 29.6 Å². The van der Waals surface area contributed by atoms with E-state index < -0.39 is 17.8 Å². The van der Waals surface area contributed by atoms with E-state index in [-0.39, 0.29) is 23.8 Å². The SMILES string of the molecule is CC1(C)CC(=O)N(c2ccc(F)c(C#CCO)c2)C1=O. The van der Waals surface area contributed by atoms with E-state index in [1.807, 2.05) is 0 Å². The average molecular weight is 275 g/mol. The molecule has 4 nitrogen and oxygen atoms in total. The Kier molecular flexibility index (Phi) is 3.60. The minimum Gasteiger partial charge on any atom is -0.384 e. The standard InChI is InChI=1S/C15H14FNO3/c1-15(2)9-13(19)17(14(15)20)11-5-6-12(16)10(8-11)4-3-7-18/h5-6,8,18H,7,9H2,1-2H3. The van der Waals surface area contributed by atoms with E-state index in [2.05, 4.69) is 11.8 Å². The molecule has 1 saturated heterocycles. The normalized spacial score (nSPS) is 17.1. The Morgan fingerprint density at radius 2 is 2.10 bits per heavy atom. The third-order valence-electron chi connectivity index (χ3n) is 3.13. The minimum atomic E-state index is -0.748. The third kappa shape index (κ3) is 2.43. The molecule has 1 aliphatic rings. The number of hydrogen-bond donors (Lipinski definition) is 1. The molecule has 1 heterocycles. The highest BCUT2D eigenvalue weighted by atomic mass is 19.1. The first-order valence-corrected chi connectivity index (χ1v) is 6.13. The molecule has 20 heavy (non-hydrogen) atoms. The molecule has 5 heteroatoms. The maximum Gasteiger partial charge on any atom is 0.239 e. The first-order valence-electron chi connectivity index (χ1n) is 6.13. The Hall–Kier alpha value is -2.19. The van der Waals surface area contributed by atoms with Gasteiger partial charge in [0, 0.05) is 6.42 Å². The van der Waals surface area contributed by atoms with Crippen LogP contribution >= 0.6 is 0 Å². The Morgan fingerprint density at radius 1 is 1.40 bits per heavy atom. The zero-order valence-electron chi connectivity index (χ0n) is 11.2. The van der Waals surface area contributed by atoms with E-state index in [1.54, 1.807) is 13.8 Å². The fraction of sp³-hybridized carbons (Fsp3) is 0.333. The molecule has 1 aliphatic heterocycles. The lowest BCUT2D eigenvalue weighted by atomic mass is 9.92. The van der Waals surface area contributed by atoms with Gasteiger partial charge < -0.3 is 5.11 Å². The van der Waals surface area contributed by atoms with Crippen LogP contribution in [-0.4, -0.2) is 23.5 Å². The molecule has 2 rings (SSSR count). The fourth-order valence-corrected chi connectivity index (χ4v) is 2.09. The minimum absolute atomic E-state index is 0.0434. The molecule has 1 aromatic carbocycles. The number of carbonyl (C=O) groups excluding carboxylic acids is 2. The van der Waals surface area contributed by atoms with Crippen molar-refractivity contribution in [2.75, 3.05) is 11.5 Å². The van der Waals surface area contributed by atoms with E-state index >= 15 is 0 Å². The number of imide groups is 1. The quantitative estimate of drug-likeness (QED) is 0.623. The molecule has 0 saturated carbocycles. The molecule has 0 unspecified atom stereocenters. The molecule has 0 spiro atoms. The summed E-state index contributed by atoms with van der Waals surface area (Å²) >= 11 is 0. The van der Waals surface area contributed by atoms with Gasteiger partial charge in [-0.05, 0) is 18.2 Å². The Bertz CT molecular complexity index is 640. The molecule has 0 atom stereocenters. The third-order valence-corrected chi connectivity index (χ3v) is 3.13. The Labute approximate surface area is 116 Å². The smallest absolute Gasteiger partial charge is 0.239 e. The summed E-state index contributed by atoms with van der Waals surface area (Å²) in [7, 11) is 0. The van der Waals surface area contributed by atoms with Crippen LogP contribution in [0.3, 0.4) is 0 Å². The largest absolute Gasteiger partial charge is 0.384 e. The van der Waals surface area contributed by atoms with E-state index in [4.69, 9.17) is 5.11 Å². The van der Waals surface area contributed by atoms with Gasteiger partial charge in [-0.15, -0.1) is 0 Å². The number of halogens is 1. The molecule has 2 amide bonds. The molecule has 104 valence electrons. The van der Waals surface area contributed by atoms with Gasteiger partial charge >= 0.3 is 0 Å². The summed E-state index contributed by atoms with van der Waals surface area (Å²) in [6.07, 6.45) is 0.126. The number of amides is 2. The second-order valence-electron chi connectivity index (χ2n) is 5.22. The summed E-state index contributed by atoms with van der Waals surface area (Å²) in [5.74, 6) is 3.61. The van der Waals surface area contributed by atoms with Gasteiger partial charge in [0.05, 0.1) is 16.7 Å². The van der Waals surface area contributed by atoms with Crippen LogP contribution in [0.5, 0.6) is 0 Å². The highest BCUT2D eigenvalue weighted by molar-refractivity contribution is 6.22. The van der Waals surface area contributed by atoms with Gasteiger partial charge in [-0.25, -0.2) is 4.39 Å². The van der Waals surface area contributed by atoms with Crippen LogP contribution in [0.2, 0.25) is 0 Å². The highest BCUT2D eigenvalue weighted by Gasteiger charge is 2.45. The lowest BCUT2D eigenvalue weighted by molar-refractivity contribution is -0.124. The molecule has 1 N–H and O–H groups in total. The zero-order chi connectivity index (χ0) is 14.9. The summed E-state index contributed by atoms with van der Waals surface area (Å²) < 4.78 is 13.6. The predicted molar refractivity (Wildman–Crippen MR) is 71.3 cm³/mol. The molecule has 1 fully saturated rings. The number of anilines is 1. The number of aliphatic hydroxyl groups is 1. The van der Waals surface area contributed by atoms with Crippen LogP contribution in [0.1, 0.15) is 25.8 Å². The van der Waals surface area contributed by atoms with Crippen LogP contribution < -0.4 is 4.90 Å². The molecular weight excluding hydrogens is 261 g/mol. The lowest BCUT2D eigenvalue weighted by Crippen LogP contribution is -2.33. The predicted octanol–water partition coefficient (Wildman–Crippen LogP) is 1.46. The van der Waals surface area contributed by atoms with Gasteiger partial charge in [-0.3, -0.25) is 14.5 Å². The number of benzene rings is 1. The topological polar surface area (TPSA) is 57.6 Å². The number of rotatable bonds is 1. The second kappa shape index (κ2) is 5.06. The van der Waals surface area contributed by atoms with Crippen LogP contribution in [0.4, 0.5) is 10.1 Å². The van der Waals surface area contributed by atoms with Gasteiger partial charge in [-0.1, -0.05) is 25.7 Å². The first-order chi connectivity index (χ1) is 9.36. The van der Waals surface area contributed by atoms with E-state index in [0.29, 0.717) is 5.69 Å². The van der Waals surface area contributed by atoms with Crippen molar-refractivity contribution < 1.29 is 19.1 Å². The highest BCUT2D eigenvalue weighted by Crippen LogP contribution is 2.35. The summed E-state index contributed by atoms with van der Waals surface area (Å²) in [5.41, 5.74) is -0.404. The van der Waals surface area contributed by atoms with Crippen molar-refractivity contribution in [3.63, 3.8) is 0 Å². The van der Waals surface area contributed by atoms with Crippen molar-refractivity contribution >= 4 is 17.5 Å². The first kappa shape index (κ1) is 14.2. The van der Waals surface area contributed by atoms with Crippen LogP contribution in [0.15, 0.2) is 18.2 Å². The van der Waals surface area contributed by atoms with Crippen LogP contribution in [0.25, 0.3) is 0 Å². The van der Waals surface area contributed by atoms with Crippen molar-refractivity contribution in [3.8, 4) is 11.8 Å². The summed E-state index contributed by atoms with van der Waals surface area (Å²) in [4.78, 5) is 25.2. The van der Waals surface area contributed by atoms with E-state index in [0.717, 1.165) is 11.0 Å². The number of hydrogen-bond acceptors (Lipinski definition) is 3. The monoisotopic (exact) mass is 275 g/mol.